The summed E-state index contributed by atoms with van der Waals surface area (Å²) in [6.45, 7) is 7.65. The summed E-state index contributed by atoms with van der Waals surface area (Å²) in [4.78, 5) is 12.0. The standard InChI is InChI=1S/C15H24O3/c1-14(2)12-8-13(16)15(14,3)9-11(12)6-5-7-18-10-17-4/h9,12H,5-8,10H2,1-4H3/t12-,15-/m1/s1. The number of ketones is 1. The van der Waals surface area contributed by atoms with Gasteiger partial charge in [0.25, 0.3) is 0 Å². The Bertz CT molecular complexity index is 370. The summed E-state index contributed by atoms with van der Waals surface area (Å²) in [5.41, 5.74) is 1.32. The molecule has 2 aliphatic rings. The van der Waals surface area contributed by atoms with Gasteiger partial charge in [-0.2, -0.15) is 0 Å². The fourth-order valence-electron chi connectivity index (χ4n) is 3.47. The molecule has 0 saturated heterocycles. The minimum Gasteiger partial charge on any atom is -0.359 e. The summed E-state index contributed by atoms with van der Waals surface area (Å²) in [5, 5.41) is 0. The highest BCUT2D eigenvalue weighted by Gasteiger charge is 2.60. The van der Waals surface area contributed by atoms with Gasteiger partial charge in [0.2, 0.25) is 0 Å². The van der Waals surface area contributed by atoms with E-state index in [-0.39, 0.29) is 10.8 Å². The minimum absolute atomic E-state index is 0.0901. The summed E-state index contributed by atoms with van der Waals surface area (Å²) in [6.07, 6.45) is 5.01. The van der Waals surface area contributed by atoms with Gasteiger partial charge in [-0.3, -0.25) is 4.79 Å². The average Bonchev–Trinajstić information content (AvgIpc) is 2.60. The molecule has 0 unspecified atom stereocenters. The van der Waals surface area contributed by atoms with E-state index in [9.17, 15) is 4.79 Å². The number of methoxy groups -OCH3 is 1. The number of allylic oxidation sites excluding steroid dienone is 2. The SMILES string of the molecule is COCOCCCC1=C[C@]2(C)C(=O)C[C@H]1C2(C)C. The second-order valence-corrected chi connectivity index (χ2v) is 6.24. The maximum atomic E-state index is 12.0. The predicted molar refractivity (Wildman–Crippen MR) is 70.1 cm³/mol. The van der Waals surface area contributed by atoms with Crippen LogP contribution in [0.15, 0.2) is 11.6 Å². The lowest BCUT2D eigenvalue weighted by Crippen LogP contribution is -2.32. The molecule has 3 heteroatoms. The molecule has 2 bridgehead atoms. The molecule has 0 aromatic rings. The minimum atomic E-state index is -0.236. The molecule has 0 aromatic heterocycles. The highest BCUT2D eigenvalue weighted by atomic mass is 16.7. The van der Waals surface area contributed by atoms with Crippen LogP contribution < -0.4 is 0 Å². The van der Waals surface area contributed by atoms with Gasteiger partial charge in [0.05, 0.1) is 5.41 Å². The molecule has 3 nitrogen and oxygen atoms in total. The Labute approximate surface area is 110 Å². The molecule has 0 aliphatic heterocycles. The summed E-state index contributed by atoms with van der Waals surface area (Å²) in [5.74, 6) is 0.856. The quantitative estimate of drug-likeness (QED) is 0.414. The number of Topliss-reactive ketones (excluding diaryl/α,β-unsaturated/α-hetero) is 1. The molecule has 1 saturated carbocycles. The first-order valence-electron chi connectivity index (χ1n) is 6.75. The highest BCUT2D eigenvalue weighted by Crippen LogP contribution is 2.63. The lowest BCUT2D eigenvalue weighted by atomic mass is 9.70. The van der Waals surface area contributed by atoms with E-state index in [1.165, 1.54) is 5.57 Å². The van der Waals surface area contributed by atoms with E-state index in [1.807, 2.05) is 0 Å². The van der Waals surface area contributed by atoms with Crippen LogP contribution in [0.4, 0.5) is 0 Å². The van der Waals surface area contributed by atoms with Crippen LogP contribution in [0.25, 0.3) is 0 Å². The van der Waals surface area contributed by atoms with Gasteiger partial charge in [-0.25, -0.2) is 0 Å². The molecular formula is C15H24O3. The maximum Gasteiger partial charge on any atom is 0.146 e. The summed E-state index contributed by atoms with van der Waals surface area (Å²) in [6, 6.07) is 0. The molecule has 102 valence electrons. The van der Waals surface area contributed by atoms with Crippen LogP contribution in [0.2, 0.25) is 0 Å². The van der Waals surface area contributed by atoms with Crippen LogP contribution in [0.5, 0.6) is 0 Å². The smallest absolute Gasteiger partial charge is 0.146 e. The van der Waals surface area contributed by atoms with Gasteiger partial charge < -0.3 is 9.47 Å². The number of hydrogen-bond donors (Lipinski definition) is 0. The second-order valence-electron chi connectivity index (χ2n) is 6.24. The zero-order valence-corrected chi connectivity index (χ0v) is 11.9. The van der Waals surface area contributed by atoms with Crippen molar-refractivity contribution in [3.05, 3.63) is 11.6 Å². The fraction of sp³-hybridized carbons (Fsp3) is 0.800. The molecule has 2 rings (SSSR count). The second kappa shape index (κ2) is 4.78. The number of rotatable bonds is 6. The van der Waals surface area contributed by atoms with Crippen LogP contribution in [0.1, 0.15) is 40.0 Å². The van der Waals surface area contributed by atoms with Crippen molar-refractivity contribution >= 4 is 5.78 Å². The molecule has 18 heavy (non-hydrogen) atoms. The first kappa shape index (κ1) is 13.8. The summed E-state index contributed by atoms with van der Waals surface area (Å²) >= 11 is 0. The summed E-state index contributed by atoms with van der Waals surface area (Å²) in [7, 11) is 1.63. The fourth-order valence-corrected chi connectivity index (χ4v) is 3.47. The van der Waals surface area contributed by atoms with Gasteiger partial charge in [-0.15, -0.1) is 0 Å². The van der Waals surface area contributed by atoms with E-state index in [0.29, 0.717) is 18.5 Å². The van der Waals surface area contributed by atoms with Gasteiger partial charge in [0, 0.05) is 20.1 Å². The highest BCUT2D eigenvalue weighted by molar-refractivity contribution is 5.92. The van der Waals surface area contributed by atoms with Crippen molar-refractivity contribution < 1.29 is 14.3 Å². The average molecular weight is 252 g/mol. The van der Waals surface area contributed by atoms with E-state index in [1.54, 1.807) is 7.11 Å². The summed E-state index contributed by atoms with van der Waals surface area (Å²) < 4.78 is 10.1. The first-order chi connectivity index (χ1) is 8.43. The normalized spacial score (nSPS) is 33.0. The van der Waals surface area contributed by atoms with Crippen LogP contribution >= 0.6 is 0 Å². The van der Waals surface area contributed by atoms with Crippen molar-refractivity contribution in [1.82, 2.24) is 0 Å². The Hall–Kier alpha value is -0.670. The first-order valence-corrected chi connectivity index (χ1v) is 6.75. The zero-order valence-electron chi connectivity index (χ0n) is 11.9. The largest absolute Gasteiger partial charge is 0.359 e. The van der Waals surface area contributed by atoms with Gasteiger partial charge >= 0.3 is 0 Å². The molecule has 0 amide bonds. The maximum absolute atomic E-state index is 12.0. The van der Waals surface area contributed by atoms with E-state index in [4.69, 9.17) is 9.47 Å². The van der Waals surface area contributed by atoms with E-state index < -0.39 is 0 Å². The van der Waals surface area contributed by atoms with Crippen molar-refractivity contribution in [2.75, 3.05) is 20.5 Å². The molecule has 1 fully saturated rings. The van der Waals surface area contributed by atoms with Gasteiger partial charge in [0.15, 0.2) is 0 Å². The van der Waals surface area contributed by atoms with E-state index in [0.717, 1.165) is 25.9 Å². The molecule has 0 heterocycles. The number of carbonyl (C=O) groups excluding carboxylic acids is 1. The van der Waals surface area contributed by atoms with E-state index in [2.05, 4.69) is 26.8 Å². The van der Waals surface area contributed by atoms with E-state index >= 15 is 0 Å². The Morgan fingerprint density at radius 1 is 1.39 bits per heavy atom. The molecule has 2 atom stereocenters. The van der Waals surface area contributed by atoms with Gasteiger partial charge in [-0.05, 0) is 31.1 Å². The van der Waals surface area contributed by atoms with Crippen molar-refractivity contribution in [3.8, 4) is 0 Å². The molecular weight excluding hydrogens is 228 g/mol. The van der Waals surface area contributed by atoms with Gasteiger partial charge in [-0.1, -0.05) is 25.5 Å². The lowest BCUT2D eigenvalue weighted by Gasteiger charge is -2.32. The van der Waals surface area contributed by atoms with Crippen LogP contribution in [-0.2, 0) is 14.3 Å². The van der Waals surface area contributed by atoms with Crippen molar-refractivity contribution in [1.29, 1.82) is 0 Å². The Kier molecular flexibility index (Phi) is 3.65. The third-order valence-electron chi connectivity index (χ3n) is 5.06. The van der Waals surface area contributed by atoms with Gasteiger partial charge in [0.1, 0.15) is 12.6 Å². The monoisotopic (exact) mass is 252 g/mol. The Morgan fingerprint density at radius 3 is 2.61 bits per heavy atom. The lowest BCUT2D eigenvalue weighted by molar-refractivity contribution is -0.125. The Morgan fingerprint density at radius 2 is 2.11 bits per heavy atom. The van der Waals surface area contributed by atoms with Crippen LogP contribution in [-0.4, -0.2) is 26.3 Å². The molecule has 0 N–H and O–H groups in total. The van der Waals surface area contributed by atoms with Crippen LogP contribution in [0.3, 0.4) is 0 Å². The predicted octanol–water partition coefficient (Wildman–Crippen LogP) is 2.95. The number of carbonyl (C=O) groups is 1. The molecule has 0 spiro atoms. The Balaban J connectivity index is 1.93. The molecule has 2 aliphatic carbocycles. The van der Waals surface area contributed by atoms with Crippen molar-refractivity contribution in [3.63, 3.8) is 0 Å². The van der Waals surface area contributed by atoms with Crippen molar-refractivity contribution in [2.45, 2.75) is 40.0 Å². The number of hydrogen-bond acceptors (Lipinski definition) is 3. The third kappa shape index (κ3) is 1.94. The molecule has 0 radical (unpaired) electrons. The number of fused-ring (bicyclic) bond motifs is 2. The van der Waals surface area contributed by atoms with Crippen LogP contribution in [0, 0.1) is 16.7 Å². The number of ether oxygens (including phenoxy) is 2. The zero-order chi connectivity index (χ0) is 13.4. The molecule has 0 aromatic carbocycles. The van der Waals surface area contributed by atoms with Crippen molar-refractivity contribution in [2.24, 2.45) is 16.7 Å². The third-order valence-corrected chi connectivity index (χ3v) is 5.06. The topological polar surface area (TPSA) is 35.5 Å².